The SMILES string of the molecule is COC(=O)[C@@]1(C(=O)C(C)=O)C(C)=C(C)C=C2[C@]34CC[C@H](OC(C)=O)C(C)(C)[C@H]3[C@H](C[C@@]21C)OC4=O. The van der Waals surface area contributed by atoms with E-state index in [1.807, 2.05) is 19.9 Å². The van der Waals surface area contributed by atoms with Gasteiger partial charge in [-0.05, 0) is 44.3 Å². The minimum Gasteiger partial charge on any atom is -0.468 e. The molecular formula is C27H34O8. The monoisotopic (exact) mass is 486 g/mol. The molecule has 0 aromatic carbocycles. The molecule has 0 radical (unpaired) electrons. The van der Waals surface area contributed by atoms with Crippen LogP contribution in [-0.4, -0.2) is 48.8 Å². The van der Waals surface area contributed by atoms with Crippen LogP contribution < -0.4 is 0 Å². The van der Waals surface area contributed by atoms with Crippen molar-refractivity contribution in [1.29, 1.82) is 0 Å². The predicted molar refractivity (Wildman–Crippen MR) is 124 cm³/mol. The van der Waals surface area contributed by atoms with Crippen LogP contribution in [0.5, 0.6) is 0 Å². The number of fused-ring (bicyclic) bond motifs is 1. The maximum Gasteiger partial charge on any atom is 0.324 e. The minimum absolute atomic E-state index is 0.159. The zero-order valence-electron chi connectivity index (χ0n) is 21.7. The highest BCUT2D eigenvalue weighted by molar-refractivity contribution is 6.43. The molecule has 8 nitrogen and oxygen atoms in total. The van der Waals surface area contributed by atoms with Crippen molar-refractivity contribution in [3.8, 4) is 0 Å². The predicted octanol–water partition coefficient (Wildman–Crippen LogP) is 3.27. The molecule has 4 rings (SSSR count). The van der Waals surface area contributed by atoms with Gasteiger partial charge in [0.2, 0.25) is 5.78 Å². The average molecular weight is 487 g/mol. The van der Waals surface area contributed by atoms with Gasteiger partial charge in [0.15, 0.2) is 11.2 Å². The number of methoxy groups -OCH3 is 1. The van der Waals surface area contributed by atoms with Gasteiger partial charge in [-0.2, -0.15) is 0 Å². The standard InChI is InChI=1S/C27H34O8/c1-13-11-18-25(7,27(14(13)2,23(32)33-8)21(30)15(3)28)12-17-20-24(5,6)19(34-16(4)29)9-10-26(18,20)22(31)35-17/h11,17,19-20H,9-10,12H2,1-8H3/t17-,19-,20+,25-,26+,27-/m0/s1. The van der Waals surface area contributed by atoms with Gasteiger partial charge in [0.05, 0.1) is 12.5 Å². The molecule has 190 valence electrons. The van der Waals surface area contributed by atoms with E-state index in [4.69, 9.17) is 14.2 Å². The summed E-state index contributed by atoms with van der Waals surface area (Å²) in [7, 11) is 1.20. The molecule has 3 fully saturated rings. The van der Waals surface area contributed by atoms with Crippen LogP contribution in [0.2, 0.25) is 0 Å². The van der Waals surface area contributed by atoms with Gasteiger partial charge in [-0.3, -0.25) is 24.0 Å². The van der Waals surface area contributed by atoms with Crippen LogP contribution in [0.15, 0.2) is 22.8 Å². The molecule has 0 unspecified atom stereocenters. The van der Waals surface area contributed by atoms with Crippen LogP contribution in [0.25, 0.3) is 0 Å². The number of carbonyl (C=O) groups excluding carboxylic acids is 5. The van der Waals surface area contributed by atoms with Crippen molar-refractivity contribution in [3.05, 3.63) is 22.8 Å². The zero-order chi connectivity index (χ0) is 26.3. The van der Waals surface area contributed by atoms with E-state index in [1.54, 1.807) is 20.8 Å². The van der Waals surface area contributed by atoms with Crippen molar-refractivity contribution in [2.75, 3.05) is 7.11 Å². The number of esters is 3. The fraction of sp³-hybridized carbons (Fsp3) is 0.667. The molecule has 6 atom stereocenters. The number of Topliss-reactive ketones (excluding diaryl/α,β-unsaturated/α-hetero) is 2. The van der Waals surface area contributed by atoms with Crippen LogP contribution in [0, 0.1) is 27.6 Å². The van der Waals surface area contributed by atoms with Crippen molar-refractivity contribution in [2.45, 2.75) is 79.9 Å². The van der Waals surface area contributed by atoms with Crippen molar-refractivity contribution in [3.63, 3.8) is 0 Å². The Morgan fingerprint density at radius 1 is 1.09 bits per heavy atom. The van der Waals surface area contributed by atoms with Gasteiger partial charge >= 0.3 is 17.9 Å². The quantitative estimate of drug-likeness (QED) is 0.258. The lowest BCUT2D eigenvalue weighted by atomic mass is 9.38. The molecule has 3 aliphatic carbocycles. The third-order valence-electron chi connectivity index (χ3n) is 9.44. The normalized spacial score (nSPS) is 39.0. The van der Waals surface area contributed by atoms with Gasteiger partial charge < -0.3 is 14.2 Å². The van der Waals surface area contributed by atoms with E-state index in [-0.39, 0.29) is 18.3 Å². The first-order valence-corrected chi connectivity index (χ1v) is 12.1. The van der Waals surface area contributed by atoms with Crippen molar-refractivity contribution < 1.29 is 38.2 Å². The lowest BCUT2D eigenvalue weighted by Gasteiger charge is -2.61. The highest BCUT2D eigenvalue weighted by atomic mass is 16.6. The summed E-state index contributed by atoms with van der Waals surface area (Å²) in [5, 5.41) is 0. The number of hydrogen-bond donors (Lipinski definition) is 0. The van der Waals surface area contributed by atoms with Gasteiger partial charge in [-0.15, -0.1) is 0 Å². The molecule has 0 aromatic rings. The second-order valence-corrected chi connectivity index (χ2v) is 11.4. The summed E-state index contributed by atoms with van der Waals surface area (Å²) in [5.41, 5.74) is -3.13. The summed E-state index contributed by atoms with van der Waals surface area (Å²) in [6.07, 6.45) is 1.78. The van der Waals surface area contributed by atoms with Gasteiger partial charge in [0.1, 0.15) is 12.2 Å². The molecule has 1 heterocycles. The van der Waals surface area contributed by atoms with Gasteiger partial charge in [0, 0.05) is 30.6 Å². The van der Waals surface area contributed by atoms with Crippen molar-refractivity contribution in [1.82, 2.24) is 0 Å². The molecular weight excluding hydrogens is 452 g/mol. The van der Waals surface area contributed by atoms with Crippen LogP contribution in [0.3, 0.4) is 0 Å². The first-order valence-electron chi connectivity index (χ1n) is 12.1. The summed E-state index contributed by atoms with van der Waals surface area (Å²) in [6, 6.07) is 0. The maximum atomic E-state index is 13.7. The number of ketones is 2. The van der Waals surface area contributed by atoms with E-state index in [0.717, 1.165) is 6.92 Å². The molecule has 0 amide bonds. The van der Waals surface area contributed by atoms with E-state index < -0.39 is 57.4 Å². The topological polar surface area (TPSA) is 113 Å². The van der Waals surface area contributed by atoms with Gasteiger partial charge in [-0.25, -0.2) is 0 Å². The minimum atomic E-state index is -1.90. The Kier molecular flexibility index (Phi) is 5.51. The third-order valence-corrected chi connectivity index (χ3v) is 9.44. The Morgan fingerprint density at radius 3 is 2.26 bits per heavy atom. The lowest BCUT2D eigenvalue weighted by Crippen LogP contribution is -2.66. The molecule has 0 N–H and O–H groups in total. The molecule has 0 aromatic heterocycles. The van der Waals surface area contributed by atoms with E-state index in [9.17, 15) is 24.0 Å². The first kappa shape index (κ1) is 25.3. The number of carbonyl (C=O) groups is 5. The highest BCUT2D eigenvalue weighted by Crippen LogP contribution is 2.74. The number of hydrogen-bond acceptors (Lipinski definition) is 8. The van der Waals surface area contributed by atoms with Crippen LogP contribution in [-0.2, 0) is 38.2 Å². The molecule has 4 aliphatic rings. The summed E-state index contributed by atoms with van der Waals surface area (Å²) < 4.78 is 16.9. The van der Waals surface area contributed by atoms with Crippen LogP contribution >= 0.6 is 0 Å². The van der Waals surface area contributed by atoms with Gasteiger partial charge in [0.25, 0.3) is 0 Å². The third kappa shape index (κ3) is 2.82. The summed E-state index contributed by atoms with van der Waals surface area (Å²) in [5.74, 6) is -3.52. The first-order chi connectivity index (χ1) is 16.1. The molecule has 1 saturated heterocycles. The molecule has 8 heteroatoms. The zero-order valence-corrected chi connectivity index (χ0v) is 21.7. The fourth-order valence-electron chi connectivity index (χ4n) is 8.03. The largest absolute Gasteiger partial charge is 0.468 e. The van der Waals surface area contributed by atoms with E-state index in [0.29, 0.717) is 29.6 Å². The second-order valence-electron chi connectivity index (χ2n) is 11.4. The lowest BCUT2D eigenvalue weighted by molar-refractivity contribution is -0.179. The molecule has 1 aliphatic heterocycles. The van der Waals surface area contributed by atoms with Crippen molar-refractivity contribution >= 4 is 29.5 Å². The Morgan fingerprint density at radius 2 is 1.71 bits per heavy atom. The van der Waals surface area contributed by atoms with Crippen LogP contribution in [0.1, 0.15) is 67.7 Å². The maximum absolute atomic E-state index is 13.7. The number of ether oxygens (including phenoxy) is 3. The summed E-state index contributed by atoms with van der Waals surface area (Å²) >= 11 is 0. The number of rotatable bonds is 4. The molecule has 2 bridgehead atoms. The Labute approximate surface area is 205 Å². The molecule has 2 saturated carbocycles. The Hall–Kier alpha value is -2.77. The highest BCUT2D eigenvalue weighted by Gasteiger charge is 2.78. The molecule has 35 heavy (non-hydrogen) atoms. The van der Waals surface area contributed by atoms with E-state index >= 15 is 0 Å². The summed E-state index contributed by atoms with van der Waals surface area (Å²) in [6.45, 7) is 11.7. The Balaban J connectivity index is 2.02. The Bertz CT molecular complexity index is 1130. The van der Waals surface area contributed by atoms with Crippen LogP contribution in [0.4, 0.5) is 0 Å². The van der Waals surface area contributed by atoms with E-state index in [2.05, 4.69) is 0 Å². The average Bonchev–Trinajstić information content (AvgIpc) is 3.00. The van der Waals surface area contributed by atoms with Gasteiger partial charge in [-0.1, -0.05) is 32.4 Å². The number of allylic oxidation sites excluding steroid dienone is 2. The molecule has 0 spiro atoms. The van der Waals surface area contributed by atoms with Crippen molar-refractivity contribution in [2.24, 2.45) is 27.6 Å². The summed E-state index contributed by atoms with van der Waals surface area (Å²) in [4.78, 5) is 65.4. The second kappa shape index (κ2) is 7.61. The van der Waals surface area contributed by atoms with E-state index in [1.165, 1.54) is 14.0 Å². The smallest absolute Gasteiger partial charge is 0.324 e. The fourth-order valence-corrected chi connectivity index (χ4v) is 8.03.